The number of hydrogen-bond acceptors (Lipinski definition) is 4. The van der Waals surface area contributed by atoms with Gasteiger partial charge in [-0.05, 0) is 42.0 Å². The van der Waals surface area contributed by atoms with Gasteiger partial charge in [0.05, 0.1) is 13.7 Å². The van der Waals surface area contributed by atoms with Crippen molar-refractivity contribution in [1.29, 1.82) is 5.26 Å². The molecule has 0 unspecified atom stereocenters. The normalized spacial score (nSPS) is 10.3. The van der Waals surface area contributed by atoms with Crippen LogP contribution in [0, 0.1) is 17.1 Å². The van der Waals surface area contributed by atoms with Crippen molar-refractivity contribution in [2.45, 2.75) is 6.54 Å². The second kappa shape index (κ2) is 6.28. The van der Waals surface area contributed by atoms with E-state index in [0.29, 0.717) is 12.2 Å². The second-order valence-electron chi connectivity index (χ2n) is 4.91. The molecule has 0 bridgehead atoms. The van der Waals surface area contributed by atoms with E-state index in [9.17, 15) is 9.65 Å². The summed E-state index contributed by atoms with van der Waals surface area (Å²) >= 11 is 0. The zero-order valence-electron chi connectivity index (χ0n) is 12.4. The summed E-state index contributed by atoms with van der Waals surface area (Å²) in [7, 11) is 1.59. The molecule has 6 heteroatoms. The summed E-state index contributed by atoms with van der Waals surface area (Å²) in [6.45, 7) is 0.399. The third-order valence-corrected chi connectivity index (χ3v) is 3.45. The summed E-state index contributed by atoms with van der Waals surface area (Å²) < 4.78 is 19.8. The Labute approximate surface area is 132 Å². The van der Waals surface area contributed by atoms with Gasteiger partial charge >= 0.3 is 0 Å². The predicted octanol–water partition coefficient (Wildman–Crippen LogP) is 3.01. The lowest BCUT2D eigenvalue weighted by atomic mass is 10.1. The van der Waals surface area contributed by atoms with Gasteiger partial charge in [-0.15, -0.1) is 5.10 Å². The lowest BCUT2D eigenvalue weighted by molar-refractivity contribution is 0.415. The van der Waals surface area contributed by atoms with Crippen LogP contribution in [-0.4, -0.2) is 22.1 Å². The van der Waals surface area contributed by atoms with Crippen LogP contribution in [0.15, 0.2) is 48.5 Å². The monoisotopic (exact) mass is 308 g/mol. The molecule has 3 rings (SSSR count). The van der Waals surface area contributed by atoms with Crippen LogP contribution in [-0.2, 0) is 6.54 Å². The molecule has 0 fully saturated rings. The smallest absolute Gasteiger partial charge is 0.190 e. The van der Waals surface area contributed by atoms with Crippen molar-refractivity contribution < 1.29 is 9.13 Å². The molecule has 114 valence electrons. The van der Waals surface area contributed by atoms with Gasteiger partial charge in [0.1, 0.15) is 23.3 Å². The van der Waals surface area contributed by atoms with Crippen LogP contribution in [0.1, 0.15) is 11.3 Å². The van der Waals surface area contributed by atoms with Crippen molar-refractivity contribution >= 4 is 0 Å². The number of nitrogens with zero attached hydrogens (tertiary/aromatic N) is 4. The van der Waals surface area contributed by atoms with Crippen LogP contribution >= 0.6 is 0 Å². The zero-order chi connectivity index (χ0) is 16.2. The molecule has 0 amide bonds. The Bertz CT molecular complexity index is 848. The number of ether oxygens (including phenoxy) is 1. The number of benzene rings is 2. The topological polar surface area (TPSA) is 63.7 Å². The van der Waals surface area contributed by atoms with Gasteiger partial charge < -0.3 is 4.74 Å². The minimum Gasteiger partial charge on any atom is -0.497 e. The molecule has 0 saturated heterocycles. The lowest BCUT2D eigenvalue weighted by Crippen LogP contribution is -2.04. The SMILES string of the molecule is COc1ccc(-c2c(C#N)nnn2Cc2ccc(F)cc2)cc1. The summed E-state index contributed by atoms with van der Waals surface area (Å²) in [6.07, 6.45) is 0. The maximum atomic E-state index is 13.0. The molecule has 0 N–H and O–H groups in total. The van der Waals surface area contributed by atoms with Crippen molar-refractivity contribution in [2.75, 3.05) is 7.11 Å². The van der Waals surface area contributed by atoms with Crippen LogP contribution in [0.2, 0.25) is 0 Å². The van der Waals surface area contributed by atoms with E-state index >= 15 is 0 Å². The summed E-state index contributed by atoms with van der Waals surface area (Å²) in [4.78, 5) is 0. The highest BCUT2D eigenvalue weighted by Gasteiger charge is 2.15. The van der Waals surface area contributed by atoms with Gasteiger partial charge in [0.15, 0.2) is 5.69 Å². The Morgan fingerprint density at radius 1 is 1.13 bits per heavy atom. The van der Waals surface area contributed by atoms with E-state index < -0.39 is 0 Å². The standard InChI is InChI=1S/C17H13FN4O/c1-23-15-8-4-13(5-9-15)17-16(10-19)20-21-22(17)11-12-2-6-14(18)7-3-12/h2-9H,11H2,1H3. The first-order valence-electron chi connectivity index (χ1n) is 6.93. The third kappa shape index (κ3) is 3.04. The average Bonchev–Trinajstić information content (AvgIpc) is 2.99. The Balaban J connectivity index is 1.99. The Kier molecular flexibility index (Phi) is 4.02. The number of nitriles is 1. The fourth-order valence-electron chi connectivity index (χ4n) is 2.30. The van der Waals surface area contributed by atoms with Crippen molar-refractivity contribution in [3.05, 3.63) is 65.6 Å². The molecule has 0 aliphatic rings. The molecule has 23 heavy (non-hydrogen) atoms. The molecule has 0 atom stereocenters. The van der Waals surface area contributed by atoms with Gasteiger partial charge in [-0.3, -0.25) is 0 Å². The molecule has 0 aliphatic carbocycles. The quantitative estimate of drug-likeness (QED) is 0.743. The number of methoxy groups -OCH3 is 1. The van der Waals surface area contributed by atoms with Crippen molar-refractivity contribution in [1.82, 2.24) is 15.0 Å². The zero-order valence-corrected chi connectivity index (χ0v) is 12.4. The molecular formula is C17H13FN4O. The van der Waals surface area contributed by atoms with E-state index in [0.717, 1.165) is 16.9 Å². The van der Waals surface area contributed by atoms with Gasteiger partial charge in [0, 0.05) is 5.56 Å². The largest absolute Gasteiger partial charge is 0.497 e. The molecule has 5 nitrogen and oxygen atoms in total. The van der Waals surface area contributed by atoms with E-state index in [1.165, 1.54) is 12.1 Å². The highest BCUT2D eigenvalue weighted by molar-refractivity contribution is 5.65. The van der Waals surface area contributed by atoms with Crippen LogP contribution in [0.25, 0.3) is 11.3 Å². The minimum absolute atomic E-state index is 0.247. The Morgan fingerprint density at radius 2 is 1.83 bits per heavy atom. The molecule has 2 aromatic carbocycles. The van der Waals surface area contributed by atoms with Crippen LogP contribution < -0.4 is 4.74 Å². The number of rotatable bonds is 4. The molecule has 0 aliphatic heterocycles. The van der Waals surface area contributed by atoms with Crippen molar-refractivity contribution in [3.63, 3.8) is 0 Å². The minimum atomic E-state index is -0.291. The lowest BCUT2D eigenvalue weighted by Gasteiger charge is -2.08. The predicted molar refractivity (Wildman–Crippen MR) is 82.2 cm³/mol. The fraction of sp³-hybridized carbons (Fsp3) is 0.118. The van der Waals surface area contributed by atoms with E-state index in [-0.39, 0.29) is 11.5 Å². The van der Waals surface area contributed by atoms with E-state index in [4.69, 9.17) is 4.74 Å². The van der Waals surface area contributed by atoms with Gasteiger partial charge in [0.25, 0.3) is 0 Å². The maximum Gasteiger partial charge on any atom is 0.190 e. The number of aromatic nitrogens is 3. The van der Waals surface area contributed by atoms with Crippen LogP contribution in [0.5, 0.6) is 5.75 Å². The van der Waals surface area contributed by atoms with Gasteiger partial charge in [-0.25, -0.2) is 9.07 Å². The fourth-order valence-corrected chi connectivity index (χ4v) is 2.30. The van der Waals surface area contributed by atoms with Gasteiger partial charge in [-0.2, -0.15) is 5.26 Å². The summed E-state index contributed by atoms with van der Waals surface area (Å²) in [6, 6.07) is 15.5. The average molecular weight is 308 g/mol. The molecule has 0 saturated carbocycles. The first kappa shape index (κ1) is 14.7. The summed E-state index contributed by atoms with van der Waals surface area (Å²) in [5.41, 5.74) is 2.56. The number of hydrogen-bond donors (Lipinski definition) is 0. The summed E-state index contributed by atoms with van der Waals surface area (Å²) in [5, 5.41) is 17.2. The Hall–Kier alpha value is -3.20. The molecule has 1 heterocycles. The van der Waals surface area contributed by atoms with Crippen molar-refractivity contribution in [3.8, 4) is 23.1 Å². The van der Waals surface area contributed by atoms with E-state index in [1.54, 1.807) is 23.9 Å². The Morgan fingerprint density at radius 3 is 2.43 bits per heavy atom. The number of halogens is 1. The van der Waals surface area contributed by atoms with Crippen LogP contribution in [0.4, 0.5) is 4.39 Å². The molecule has 0 radical (unpaired) electrons. The molecule has 3 aromatic rings. The van der Waals surface area contributed by atoms with Gasteiger partial charge in [0.2, 0.25) is 0 Å². The van der Waals surface area contributed by atoms with Gasteiger partial charge in [-0.1, -0.05) is 17.3 Å². The highest BCUT2D eigenvalue weighted by atomic mass is 19.1. The van der Waals surface area contributed by atoms with Crippen molar-refractivity contribution in [2.24, 2.45) is 0 Å². The summed E-state index contributed by atoms with van der Waals surface area (Å²) in [5.74, 6) is 0.435. The molecule has 1 aromatic heterocycles. The third-order valence-electron chi connectivity index (χ3n) is 3.45. The first-order valence-corrected chi connectivity index (χ1v) is 6.93. The maximum absolute atomic E-state index is 13.0. The molecular weight excluding hydrogens is 295 g/mol. The molecule has 0 spiro atoms. The van der Waals surface area contributed by atoms with E-state index in [1.807, 2.05) is 24.3 Å². The van der Waals surface area contributed by atoms with E-state index in [2.05, 4.69) is 16.4 Å². The van der Waals surface area contributed by atoms with Crippen LogP contribution in [0.3, 0.4) is 0 Å². The first-order chi connectivity index (χ1) is 11.2. The highest BCUT2D eigenvalue weighted by Crippen LogP contribution is 2.25. The second-order valence-corrected chi connectivity index (χ2v) is 4.91.